The number of nitrogens with two attached hydrogens (primary N) is 1. The van der Waals surface area contributed by atoms with Crippen molar-refractivity contribution in [1.82, 2.24) is 29.9 Å². The smallest absolute Gasteiger partial charge is 0.405 e. The maximum absolute atomic E-state index is 13.4. The van der Waals surface area contributed by atoms with Gasteiger partial charge < -0.3 is 15.5 Å². The van der Waals surface area contributed by atoms with E-state index in [9.17, 15) is 35.9 Å². The Morgan fingerprint density at radius 2 is 1.71 bits per heavy atom. The number of amides is 1. The van der Waals surface area contributed by atoms with Crippen LogP contribution in [0.4, 0.5) is 32.4 Å². The number of nitrogens with zero attached hydrogens (tertiary/aromatic N) is 5. The van der Waals surface area contributed by atoms with Gasteiger partial charge >= 0.3 is 24.1 Å². The van der Waals surface area contributed by atoms with Crippen LogP contribution >= 0.6 is 11.6 Å². The Labute approximate surface area is 238 Å². The third-order valence-corrected chi connectivity index (χ3v) is 6.44. The molecule has 1 amide bonds. The Hall–Kier alpha value is -4.34. The molecule has 1 atom stereocenters. The fourth-order valence-electron chi connectivity index (χ4n) is 4.14. The Morgan fingerprint density at radius 1 is 1.05 bits per heavy atom. The van der Waals surface area contributed by atoms with Crippen molar-refractivity contribution in [2.24, 2.45) is 0 Å². The summed E-state index contributed by atoms with van der Waals surface area (Å²) in [6.45, 7) is 0.177. The minimum absolute atomic E-state index is 0.0167. The average molecular weight is 618 g/mol. The fraction of sp³-hybridized carbons (Fsp3) is 0.320. The number of carbonyl (C=O) groups excluding carboxylic acids is 1. The van der Waals surface area contributed by atoms with Crippen molar-refractivity contribution in [3.63, 3.8) is 0 Å². The number of carbonyl (C=O) groups is 1. The Bertz CT molecular complexity index is 1630. The lowest BCUT2D eigenvalue weighted by atomic mass is 9.90. The van der Waals surface area contributed by atoms with Crippen LogP contribution in [-0.4, -0.2) is 36.6 Å². The lowest BCUT2D eigenvalue weighted by Crippen LogP contribution is -2.47. The SMILES string of the molecule is C[C@@](NC(=O)Cn1nc(-c2ccc(Cl)cc2)n(CCCC(F)(F)F)c1=O)(c1cccc(C(F)(F)F)c1)c1nnc(N)o1. The molecule has 0 aliphatic rings. The van der Waals surface area contributed by atoms with Crippen LogP contribution in [-0.2, 0) is 29.6 Å². The monoisotopic (exact) mass is 617 g/mol. The van der Waals surface area contributed by atoms with Crippen LogP contribution in [0.2, 0.25) is 5.02 Å². The van der Waals surface area contributed by atoms with Crippen LogP contribution in [0.1, 0.15) is 36.8 Å². The van der Waals surface area contributed by atoms with Crippen LogP contribution in [0.3, 0.4) is 0 Å². The van der Waals surface area contributed by atoms with Gasteiger partial charge in [-0.3, -0.25) is 9.36 Å². The highest BCUT2D eigenvalue weighted by molar-refractivity contribution is 6.30. The quantitative estimate of drug-likeness (QED) is 0.258. The van der Waals surface area contributed by atoms with Crippen LogP contribution in [0.25, 0.3) is 11.4 Å². The van der Waals surface area contributed by atoms with Crippen molar-refractivity contribution in [3.05, 3.63) is 81.1 Å². The molecule has 0 bridgehead atoms. The van der Waals surface area contributed by atoms with Crippen molar-refractivity contribution in [1.29, 1.82) is 0 Å². The first-order valence-electron chi connectivity index (χ1n) is 12.2. The molecule has 0 saturated heterocycles. The second-order valence-corrected chi connectivity index (χ2v) is 9.77. The lowest BCUT2D eigenvalue weighted by Gasteiger charge is -2.28. The summed E-state index contributed by atoms with van der Waals surface area (Å²) in [5.41, 5.74) is 2.00. The number of benzene rings is 2. The molecule has 0 aliphatic heterocycles. The van der Waals surface area contributed by atoms with Gasteiger partial charge in [0.05, 0.1) is 5.56 Å². The van der Waals surface area contributed by atoms with E-state index in [2.05, 4.69) is 20.6 Å². The molecule has 17 heteroatoms. The van der Waals surface area contributed by atoms with Gasteiger partial charge in [0.15, 0.2) is 5.82 Å². The first kappa shape index (κ1) is 30.6. The van der Waals surface area contributed by atoms with Crippen molar-refractivity contribution >= 4 is 23.5 Å². The summed E-state index contributed by atoms with van der Waals surface area (Å²) in [5, 5.41) is 14.2. The standard InChI is InChI=1S/C25H22ClF6N7O3/c1-23(20-35-36-21(33)42-20,15-4-2-5-16(12-15)25(30,31)32)34-18(40)13-39-22(41)38(11-3-10-24(27,28)29)19(37-39)14-6-8-17(26)9-7-14/h2,4-9,12H,3,10-11,13H2,1H3,(H2,33,36)(H,34,40)/t23-/m1/s1. The van der Waals surface area contributed by atoms with E-state index in [-0.39, 0.29) is 23.8 Å². The van der Waals surface area contributed by atoms with Gasteiger partial charge in [0.25, 0.3) is 0 Å². The first-order valence-corrected chi connectivity index (χ1v) is 12.5. The molecule has 42 heavy (non-hydrogen) atoms. The molecule has 2 heterocycles. The van der Waals surface area contributed by atoms with E-state index in [1.54, 1.807) is 0 Å². The lowest BCUT2D eigenvalue weighted by molar-refractivity contribution is -0.138. The second kappa shape index (κ2) is 11.5. The van der Waals surface area contributed by atoms with Crippen molar-refractivity contribution in [3.8, 4) is 11.4 Å². The van der Waals surface area contributed by atoms with Gasteiger partial charge in [-0.05, 0) is 55.3 Å². The molecule has 4 aromatic rings. The molecule has 2 aromatic carbocycles. The summed E-state index contributed by atoms with van der Waals surface area (Å²) >= 11 is 5.92. The Kier molecular flexibility index (Phi) is 8.39. The molecule has 0 fully saturated rings. The highest BCUT2D eigenvalue weighted by Crippen LogP contribution is 2.35. The van der Waals surface area contributed by atoms with E-state index in [1.165, 1.54) is 37.3 Å². The molecule has 2 aromatic heterocycles. The summed E-state index contributed by atoms with van der Waals surface area (Å²) in [4.78, 5) is 26.4. The number of nitrogens with one attached hydrogen (secondary N) is 1. The van der Waals surface area contributed by atoms with Crippen LogP contribution in [0.5, 0.6) is 0 Å². The average Bonchev–Trinajstić information content (AvgIpc) is 3.47. The number of anilines is 1. The largest absolute Gasteiger partial charge is 0.416 e. The number of hydrogen-bond acceptors (Lipinski definition) is 7. The highest BCUT2D eigenvalue weighted by atomic mass is 35.5. The molecular weight excluding hydrogens is 596 g/mol. The molecule has 0 spiro atoms. The Morgan fingerprint density at radius 3 is 2.31 bits per heavy atom. The highest BCUT2D eigenvalue weighted by Gasteiger charge is 2.39. The molecule has 4 rings (SSSR count). The van der Waals surface area contributed by atoms with E-state index in [4.69, 9.17) is 21.8 Å². The molecule has 0 unspecified atom stereocenters. The minimum atomic E-state index is -4.71. The van der Waals surface area contributed by atoms with E-state index in [1.807, 2.05) is 0 Å². The Balaban J connectivity index is 1.68. The van der Waals surface area contributed by atoms with Gasteiger partial charge in [-0.1, -0.05) is 28.8 Å². The molecule has 10 nitrogen and oxygen atoms in total. The predicted octanol–water partition coefficient (Wildman–Crippen LogP) is 4.77. The molecular formula is C25H22ClF6N7O3. The van der Waals surface area contributed by atoms with E-state index in [0.29, 0.717) is 10.6 Å². The first-order chi connectivity index (χ1) is 19.6. The fourth-order valence-corrected chi connectivity index (χ4v) is 4.27. The summed E-state index contributed by atoms with van der Waals surface area (Å²) < 4.78 is 85.6. The van der Waals surface area contributed by atoms with Crippen molar-refractivity contribution in [2.45, 2.75) is 50.7 Å². The zero-order valence-corrected chi connectivity index (χ0v) is 22.4. The van der Waals surface area contributed by atoms with Crippen LogP contribution in [0.15, 0.2) is 57.7 Å². The van der Waals surface area contributed by atoms with E-state index in [0.717, 1.165) is 27.4 Å². The summed E-state index contributed by atoms with van der Waals surface area (Å²) in [7, 11) is 0. The number of hydrogen-bond donors (Lipinski definition) is 2. The van der Waals surface area contributed by atoms with E-state index < -0.39 is 60.5 Å². The normalized spacial score (nSPS) is 13.6. The van der Waals surface area contributed by atoms with Gasteiger partial charge in [0, 0.05) is 23.6 Å². The van der Waals surface area contributed by atoms with E-state index >= 15 is 0 Å². The number of aromatic nitrogens is 5. The van der Waals surface area contributed by atoms with Gasteiger partial charge in [-0.25, -0.2) is 9.48 Å². The second-order valence-electron chi connectivity index (χ2n) is 9.34. The molecule has 3 N–H and O–H groups in total. The maximum Gasteiger partial charge on any atom is 0.416 e. The molecule has 0 saturated carbocycles. The van der Waals surface area contributed by atoms with Crippen molar-refractivity contribution < 1.29 is 35.6 Å². The predicted molar refractivity (Wildman–Crippen MR) is 137 cm³/mol. The number of halogens is 7. The zero-order chi connectivity index (χ0) is 30.9. The minimum Gasteiger partial charge on any atom is -0.405 e. The number of rotatable bonds is 9. The van der Waals surface area contributed by atoms with Gasteiger partial charge in [-0.15, -0.1) is 10.2 Å². The summed E-state index contributed by atoms with van der Waals surface area (Å²) in [5.74, 6) is -1.28. The summed E-state index contributed by atoms with van der Waals surface area (Å²) in [6, 6.07) is 9.58. The topological polar surface area (TPSA) is 134 Å². The van der Waals surface area contributed by atoms with Gasteiger partial charge in [0.2, 0.25) is 11.8 Å². The third-order valence-electron chi connectivity index (χ3n) is 6.19. The molecule has 0 radical (unpaired) electrons. The number of nitrogen functional groups attached to an aromatic ring is 1. The van der Waals surface area contributed by atoms with Gasteiger partial charge in [-0.2, -0.15) is 26.3 Å². The number of alkyl halides is 6. The third kappa shape index (κ3) is 6.92. The van der Waals surface area contributed by atoms with Crippen LogP contribution in [0, 0.1) is 0 Å². The van der Waals surface area contributed by atoms with Crippen molar-refractivity contribution in [2.75, 3.05) is 5.73 Å². The van der Waals surface area contributed by atoms with Crippen LogP contribution < -0.4 is 16.7 Å². The van der Waals surface area contributed by atoms with Gasteiger partial charge in [0.1, 0.15) is 12.1 Å². The molecule has 0 aliphatic carbocycles. The zero-order valence-electron chi connectivity index (χ0n) is 21.6. The maximum atomic E-state index is 13.4. The molecule has 224 valence electrons. The summed E-state index contributed by atoms with van der Waals surface area (Å²) in [6.07, 6.45) is -10.8.